The number of aromatic nitrogens is 1. The fourth-order valence-corrected chi connectivity index (χ4v) is 4.12. The summed E-state index contributed by atoms with van der Waals surface area (Å²) in [5.74, 6) is 0.186. The second-order valence-corrected chi connectivity index (χ2v) is 7.46. The molecule has 1 N–H and O–H groups in total. The molecule has 0 radical (unpaired) electrons. The fourth-order valence-electron chi connectivity index (χ4n) is 1.80. The van der Waals surface area contributed by atoms with Crippen LogP contribution in [0.1, 0.15) is 30.3 Å². The van der Waals surface area contributed by atoms with Crippen LogP contribution in [0, 0.1) is 11.8 Å². The Balaban J connectivity index is 2.10. The molecule has 2 rings (SSSR count). The highest BCUT2D eigenvalue weighted by atomic mass is 32.2. The highest BCUT2D eigenvalue weighted by molar-refractivity contribution is 7.91. The number of hydrogen-bond donors (Lipinski definition) is 1. The molecule has 19 heavy (non-hydrogen) atoms. The third-order valence-electron chi connectivity index (χ3n) is 3.18. The Bertz CT molecular complexity index is 563. The Morgan fingerprint density at radius 2 is 2.32 bits per heavy atom. The van der Waals surface area contributed by atoms with Crippen molar-refractivity contribution in [1.82, 2.24) is 9.71 Å². The normalized spacial score (nSPS) is 17.2. The van der Waals surface area contributed by atoms with Gasteiger partial charge in [0.1, 0.15) is 0 Å². The van der Waals surface area contributed by atoms with Crippen LogP contribution in [0.3, 0.4) is 0 Å². The zero-order valence-electron chi connectivity index (χ0n) is 10.8. The third kappa shape index (κ3) is 3.31. The molecule has 1 fully saturated rings. The molecule has 0 aliphatic heterocycles. The number of sulfonamides is 1. The van der Waals surface area contributed by atoms with E-state index in [1.807, 2.05) is 6.92 Å². The van der Waals surface area contributed by atoms with Gasteiger partial charge in [0, 0.05) is 6.54 Å². The minimum absolute atomic E-state index is 0.0812. The Kier molecular flexibility index (Phi) is 4.22. The van der Waals surface area contributed by atoms with Crippen LogP contribution in [0.25, 0.3) is 0 Å². The van der Waals surface area contributed by atoms with Gasteiger partial charge in [-0.3, -0.25) is 0 Å². The average molecular weight is 304 g/mol. The van der Waals surface area contributed by atoms with E-state index in [2.05, 4.69) is 14.4 Å². The van der Waals surface area contributed by atoms with E-state index in [-0.39, 0.29) is 9.90 Å². The van der Waals surface area contributed by atoms with Crippen molar-refractivity contribution < 1.29 is 17.9 Å². The van der Waals surface area contributed by atoms with Crippen molar-refractivity contribution in [3.63, 3.8) is 0 Å². The largest absolute Gasteiger partial charge is 0.464 e. The third-order valence-corrected chi connectivity index (χ3v) is 5.97. The van der Waals surface area contributed by atoms with Crippen LogP contribution in [-0.4, -0.2) is 33.0 Å². The number of methoxy groups -OCH3 is 1. The van der Waals surface area contributed by atoms with Gasteiger partial charge < -0.3 is 4.74 Å². The molecule has 0 aromatic carbocycles. The molecule has 1 saturated carbocycles. The van der Waals surface area contributed by atoms with Crippen LogP contribution < -0.4 is 4.72 Å². The highest BCUT2D eigenvalue weighted by Gasteiger charge is 2.31. The topological polar surface area (TPSA) is 85.4 Å². The molecular weight excluding hydrogens is 288 g/mol. The predicted molar refractivity (Wildman–Crippen MR) is 70.5 cm³/mol. The van der Waals surface area contributed by atoms with Crippen LogP contribution in [0.5, 0.6) is 0 Å². The van der Waals surface area contributed by atoms with Gasteiger partial charge in [0.2, 0.25) is 0 Å². The molecule has 0 bridgehead atoms. The standard InChI is InChI=1S/C11H16N2O4S2/c1-7(8-3-4-8)5-13-19(15,16)11-9(10(14)17-2)12-6-18-11/h6-8,13H,3-5H2,1-2H3. The monoisotopic (exact) mass is 304 g/mol. The van der Waals surface area contributed by atoms with Crippen LogP contribution in [0.2, 0.25) is 0 Å². The molecule has 1 aliphatic carbocycles. The number of thiazole rings is 1. The number of nitrogens with one attached hydrogen (secondary N) is 1. The summed E-state index contributed by atoms with van der Waals surface area (Å²) in [5.41, 5.74) is 1.17. The van der Waals surface area contributed by atoms with E-state index in [1.54, 1.807) is 0 Å². The molecule has 1 aliphatic rings. The number of hydrogen-bond acceptors (Lipinski definition) is 6. The number of ether oxygens (including phenoxy) is 1. The van der Waals surface area contributed by atoms with Crippen molar-refractivity contribution in [3.05, 3.63) is 11.2 Å². The first-order valence-corrected chi connectivity index (χ1v) is 8.33. The molecule has 1 aromatic heterocycles. The Morgan fingerprint density at radius 3 is 2.89 bits per heavy atom. The van der Waals surface area contributed by atoms with Gasteiger partial charge in [0.05, 0.1) is 12.6 Å². The van der Waals surface area contributed by atoms with Gasteiger partial charge in [-0.05, 0) is 24.7 Å². The summed E-state index contributed by atoms with van der Waals surface area (Å²) in [6.07, 6.45) is 2.33. The predicted octanol–water partition coefficient (Wildman–Crippen LogP) is 1.25. The van der Waals surface area contributed by atoms with E-state index in [0.717, 1.165) is 24.2 Å². The molecule has 8 heteroatoms. The second-order valence-electron chi connectivity index (χ2n) is 4.65. The van der Waals surface area contributed by atoms with Gasteiger partial charge in [-0.25, -0.2) is 22.9 Å². The lowest BCUT2D eigenvalue weighted by atomic mass is 10.1. The molecule has 0 spiro atoms. The Morgan fingerprint density at radius 1 is 1.63 bits per heavy atom. The Labute approximate surface area is 116 Å². The zero-order valence-corrected chi connectivity index (χ0v) is 12.4. The van der Waals surface area contributed by atoms with Crippen molar-refractivity contribution in [3.8, 4) is 0 Å². The molecule has 1 atom stereocenters. The maximum Gasteiger partial charge on any atom is 0.358 e. The van der Waals surface area contributed by atoms with Gasteiger partial charge in [-0.2, -0.15) is 0 Å². The van der Waals surface area contributed by atoms with Crippen LogP contribution in [0.15, 0.2) is 9.72 Å². The summed E-state index contributed by atoms with van der Waals surface area (Å²) in [6.45, 7) is 2.40. The van der Waals surface area contributed by atoms with E-state index in [1.165, 1.54) is 12.6 Å². The number of esters is 1. The summed E-state index contributed by atoms with van der Waals surface area (Å²) in [5, 5.41) is 0. The first kappa shape index (κ1) is 14.4. The number of nitrogens with zero attached hydrogens (tertiary/aromatic N) is 1. The smallest absolute Gasteiger partial charge is 0.358 e. The van der Waals surface area contributed by atoms with Crippen molar-refractivity contribution in [2.24, 2.45) is 11.8 Å². The van der Waals surface area contributed by atoms with E-state index in [0.29, 0.717) is 18.4 Å². The van der Waals surface area contributed by atoms with Gasteiger partial charge in [0.25, 0.3) is 10.0 Å². The quantitative estimate of drug-likeness (QED) is 0.800. The molecule has 1 unspecified atom stereocenters. The lowest BCUT2D eigenvalue weighted by molar-refractivity contribution is 0.0590. The SMILES string of the molecule is COC(=O)c1ncsc1S(=O)(=O)NCC(C)C1CC1. The van der Waals surface area contributed by atoms with Crippen LogP contribution in [0.4, 0.5) is 0 Å². The van der Waals surface area contributed by atoms with Crippen LogP contribution in [-0.2, 0) is 14.8 Å². The fraction of sp³-hybridized carbons (Fsp3) is 0.636. The first-order valence-electron chi connectivity index (χ1n) is 5.97. The molecular formula is C11H16N2O4S2. The van der Waals surface area contributed by atoms with Crippen LogP contribution >= 0.6 is 11.3 Å². The number of carbonyl (C=O) groups is 1. The highest BCUT2D eigenvalue weighted by Crippen LogP contribution is 2.36. The molecule has 106 valence electrons. The molecule has 0 amide bonds. The molecule has 0 saturated heterocycles. The van der Waals surface area contributed by atoms with Crippen molar-refractivity contribution in [2.75, 3.05) is 13.7 Å². The lowest BCUT2D eigenvalue weighted by Crippen LogP contribution is -2.29. The van der Waals surface area contributed by atoms with Gasteiger partial charge >= 0.3 is 5.97 Å². The first-order chi connectivity index (χ1) is 8.95. The second kappa shape index (κ2) is 5.56. The molecule has 1 heterocycles. The van der Waals surface area contributed by atoms with Gasteiger partial charge in [-0.1, -0.05) is 6.92 Å². The summed E-state index contributed by atoms with van der Waals surface area (Å²) < 4.78 is 31.2. The number of carbonyl (C=O) groups excluding carboxylic acids is 1. The van der Waals surface area contributed by atoms with Crippen molar-refractivity contribution >= 4 is 27.3 Å². The summed E-state index contributed by atoms with van der Waals surface area (Å²) in [7, 11) is -2.50. The minimum Gasteiger partial charge on any atom is -0.464 e. The maximum atomic E-state index is 12.1. The molecule has 1 aromatic rings. The summed E-state index contributed by atoms with van der Waals surface area (Å²) in [6, 6.07) is 0. The lowest BCUT2D eigenvalue weighted by Gasteiger charge is -2.11. The van der Waals surface area contributed by atoms with Crippen molar-refractivity contribution in [2.45, 2.75) is 24.0 Å². The minimum atomic E-state index is -3.70. The number of rotatable bonds is 6. The zero-order chi connectivity index (χ0) is 14.0. The maximum absolute atomic E-state index is 12.1. The van der Waals surface area contributed by atoms with E-state index in [4.69, 9.17) is 0 Å². The molecule has 6 nitrogen and oxygen atoms in total. The summed E-state index contributed by atoms with van der Waals surface area (Å²) in [4.78, 5) is 15.2. The Hall–Kier alpha value is -0.990. The van der Waals surface area contributed by atoms with E-state index >= 15 is 0 Å². The van der Waals surface area contributed by atoms with Gasteiger partial charge in [0.15, 0.2) is 9.90 Å². The van der Waals surface area contributed by atoms with Crippen molar-refractivity contribution in [1.29, 1.82) is 0 Å². The van der Waals surface area contributed by atoms with E-state index in [9.17, 15) is 13.2 Å². The average Bonchev–Trinajstić information content (AvgIpc) is 3.11. The summed E-state index contributed by atoms with van der Waals surface area (Å²) >= 11 is 0.913. The van der Waals surface area contributed by atoms with Gasteiger partial charge in [-0.15, -0.1) is 11.3 Å². The van der Waals surface area contributed by atoms with E-state index < -0.39 is 16.0 Å².